The minimum absolute atomic E-state index is 0.00476. The molecule has 0 amide bonds. The SMILES string of the molecule is CCC1CC2(C1)CS(=O)(=O)c1ccc(N(C)C)cc1[C@H](c1cccc(N)c1)[C@@H]2O. The number of nitrogen functional groups attached to an aromatic ring is 1. The minimum atomic E-state index is -3.51. The van der Waals surface area contributed by atoms with Crippen LogP contribution in [0.5, 0.6) is 0 Å². The maximum atomic E-state index is 13.4. The highest BCUT2D eigenvalue weighted by Gasteiger charge is 2.56. The van der Waals surface area contributed by atoms with Gasteiger partial charge < -0.3 is 15.7 Å². The molecule has 1 saturated carbocycles. The molecule has 0 aromatic heterocycles. The molecule has 2 aromatic rings. The Hall–Kier alpha value is -2.05. The third kappa shape index (κ3) is 3.32. The molecule has 29 heavy (non-hydrogen) atoms. The number of nitrogens with zero attached hydrogens (tertiary/aromatic N) is 1. The zero-order valence-electron chi connectivity index (χ0n) is 17.3. The lowest BCUT2D eigenvalue weighted by atomic mass is 9.56. The van der Waals surface area contributed by atoms with Crippen LogP contribution in [0, 0.1) is 11.3 Å². The van der Waals surface area contributed by atoms with Crippen LogP contribution in [0.1, 0.15) is 43.2 Å². The van der Waals surface area contributed by atoms with Crippen molar-refractivity contribution in [2.45, 2.75) is 43.1 Å². The van der Waals surface area contributed by atoms with Gasteiger partial charge in [-0.1, -0.05) is 25.5 Å². The Kier molecular flexibility index (Phi) is 4.90. The number of aliphatic hydroxyl groups is 1. The number of nitrogens with two attached hydrogens (primary N) is 1. The fourth-order valence-electron chi connectivity index (χ4n) is 5.26. The molecule has 0 unspecified atom stereocenters. The molecule has 6 heteroatoms. The highest BCUT2D eigenvalue weighted by Crippen LogP contribution is 2.57. The van der Waals surface area contributed by atoms with Crippen LogP contribution in [-0.4, -0.2) is 39.5 Å². The van der Waals surface area contributed by atoms with E-state index in [0.717, 1.165) is 30.5 Å². The Morgan fingerprint density at radius 3 is 2.52 bits per heavy atom. The van der Waals surface area contributed by atoms with Crippen LogP contribution >= 0.6 is 0 Å². The Labute approximate surface area is 173 Å². The Morgan fingerprint density at radius 2 is 1.90 bits per heavy atom. The molecule has 5 nitrogen and oxygen atoms in total. The van der Waals surface area contributed by atoms with Gasteiger partial charge in [0, 0.05) is 36.8 Å². The first-order valence-electron chi connectivity index (χ1n) is 10.2. The first-order chi connectivity index (χ1) is 13.7. The van der Waals surface area contributed by atoms with Gasteiger partial charge in [0.15, 0.2) is 9.84 Å². The molecular formula is C23H30N2O3S. The normalized spacial score (nSPS) is 30.3. The van der Waals surface area contributed by atoms with Crippen LogP contribution in [-0.2, 0) is 9.84 Å². The molecule has 0 saturated heterocycles. The van der Waals surface area contributed by atoms with Gasteiger partial charge in [-0.2, -0.15) is 0 Å². The summed E-state index contributed by atoms with van der Waals surface area (Å²) >= 11 is 0. The van der Waals surface area contributed by atoms with Crippen LogP contribution in [0.4, 0.5) is 11.4 Å². The quantitative estimate of drug-likeness (QED) is 0.752. The summed E-state index contributed by atoms with van der Waals surface area (Å²) in [6.45, 7) is 2.13. The smallest absolute Gasteiger partial charge is 0.179 e. The summed E-state index contributed by atoms with van der Waals surface area (Å²) < 4.78 is 26.8. The predicted molar refractivity (Wildman–Crippen MR) is 117 cm³/mol. The van der Waals surface area contributed by atoms with Crippen molar-refractivity contribution in [3.63, 3.8) is 0 Å². The Balaban J connectivity index is 1.95. The monoisotopic (exact) mass is 414 g/mol. The van der Waals surface area contributed by atoms with Gasteiger partial charge in [0.05, 0.1) is 16.8 Å². The molecule has 3 N–H and O–H groups in total. The molecule has 4 rings (SSSR count). The largest absolute Gasteiger partial charge is 0.399 e. The van der Waals surface area contributed by atoms with Crippen molar-refractivity contribution in [2.75, 3.05) is 30.5 Å². The number of rotatable bonds is 3. The Morgan fingerprint density at radius 1 is 1.17 bits per heavy atom. The molecule has 1 spiro atoms. The predicted octanol–water partition coefficient (Wildman–Crippen LogP) is 3.42. The topological polar surface area (TPSA) is 83.6 Å². The summed E-state index contributed by atoms with van der Waals surface area (Å²) in [7, 11) is 0.343. The van der Waals surface area contributed by atoms with Gasteiger partial charge in [-0.15, -0.1) is 0 Å². The molecule has 156 valence electrons. The molecule has 1 fully saturated rings. The van der Waals surface area contributed by atoms with E-state index >= 15 is 0 Å². The van der Waals surface area contributed by atoms with Crippen molar-refractivity contribution < 1.29 is 13.5 Å². The molecule has 2 aliphatic rings. The lowest BCUT2D eigenvalue weighted by molar-refractivity contribution is -0.0608. The van der Waals surface area contributed by atoms with Gasteiger partial charge >= 0.3 is 0 Å². The van der Waals surface area contributed by atoms with Gasteiger partial charge in [0.25, 0.3) is 0 Å². The van der Waals surface area contributed by atoms with E-state index in [2.05, 4.69) is 6.92 Å². The van der Waals surface area contributed by atoms with E-state index in [1.165, 1.54) is 0 Å². The number of anilines is 2. The van der Waals surface area contributed by atoms with Crippen molar-refractivity contribution in [1.82, 2.24) is 0 Å². The standard InChI is InChI=1S/C23H30N2O3S/c1-4-15-12-23(13-15)14-29(27,28)20-9-8-18(25(2)3)11-19(20)21(22(23)26)16-6-5-7-17(24)10-16/h5-11,15,21-22,26H,4,12-14,24H2,1-3H3/t15?,21-,22-,23?/m0/s1. The van der Waals surface area contributed by atoms with Crippen LogP contribution in [0.3, 0.4) is 0 Å². The third-order valence-electron chi connectivity index (χ3n) is 6.84. The number of hydrogen-bond donors (Lipinski definition) is 2. The highest BCUT2D eigenvalue weighted by molar-refractivity contribution is 7.91. The van der Waals surface area contributed by atoms with Crippen molar-refractivity contribution in [2.24, 2.45) is 11.3 Å². The summed E-state index contributed by atoms with van der Waals surface area (Å²) in [6, 6.07) is 13.0. The third-order valence-corrected chi connectivity index (χ3v) is 8.83. The lowest BCUT2D eigenvalue weighted by Crippen LogP contribution is -2.51. The fraction of sp³-hybridized carbons (Fsp3) is 0.478. The van der Waals surface area contributed by atoms with Crippen LogP contribution in [0.15, 0.2) is 47.4 Å². The average molecular weight is 415 g/mol. The van der Waals surface area contributed by atoms with Crippen molar-refractivity contribution >= 4 is 21.2 Å². The average Bonchev–Trinajstić information content (AvgIpc) is 2.71. The zero-order valence-corrected chi connectivity index (χ0v) is 18.1. The van der Waals surface area contributed by atoms with E-state index in [-0.39, 0.29) is 5.75 Å². The van der Waals surface area contributed by atoms with E-state index in [1.54, 1.807) is 6.07 Å². The zero-order chi connectivity index (χ0) is 21.0. The molecular weight excluding hydrogens is 384 g/mol. The summed E-state index contributed by atoms with van der Waals surface area (Å²) in [5.41, 5.74) is 8.51. The van der Waals surface area contributed by atoms with E-state index in [4.69, 9.17) is 5.73 Å². The first kappa shape index (κ1) is 20.2. The summed E-state index contributed by atoms with van der Waals surface area (Å²) in [5.74, 6) is 0.0495. The summed E-state index contributed by atoms with van der Waals surface area (Å²) in [4.78, 5) is 2.29. The second-order valence-electron chi connectivity index (χ2n) is 9.01. The molecule has 1 aliphatic carbocycles. The van der Waals surface area contributed by atoms with Crippen molar-refractivity contribution in [3.05, 3.63) is 53.6 Å². The minimum Gasteiger partial charge on any atom is -0.399 e. The summed E-state index contributed by atoms with van der Waals surface area (Å²) in [5, 5.41) is 11.7. The van der Waals surface area contributed by atoms with E-state index in [1.807, 2.05) is 55.4 Å². The number of fused-ring (bicyclic) bond motifs is 1. The number of benzene rings is 2. The maximum absolute atomic E-state index is 13.4. The summed E-state index contributed by atoms with van der Waals surface area (Å²) in [6.07, 6.45) is 1.73. The molecule has 0 bridgehead atoms. The van der Waals surface area contributed by atoms with Gasteiger partial charge in [-0.25, -0.2) is 8.42 Å². The number of hydrogen-bond acceptors (Lipinski definition) is 5. The maximum Gasteiger partial charge on any atom is 0.179 e. The first-order valence-corrected chi connectivity index (χ1v) is 11.9. The molecule has 2 atom stereocenters. The second kappa shape index (κ2) is 7.03. The van der Waals surface area contributed by atoms with Crippen molar-refractivity contribution in [3.8, 4) is 0 Å². The molecule has 1 aliphatic heterocycles. The molecule has 0 radical (unpaired) electrons. The van der Waals surface area contributed by atoms with Gasteiger partial charge in [0.1, 0.15) is 0 Å². The van der Waals surface area contributed by atoms with Crippen LogP contribution in [0.25, 0.3) is 0 Å². The van der Waals surface area contributed by atoms with Crippen LogP contribution < -0.4 is 10.6 Å². The van der Waals surface area contributed by atoms with Gasteiger partial charge in [-0.3, -0.25) is 0 Å². The van der Waals surface area contributed by atoms with Gasteiger partial charge in [-0.05, 0) is 60.2 Å². The molecule has 1 heterocycles. The highest BCUT2D eigenvalue weighted by atomic mass is 32.2. The number of aliphatic hydroxyl groups excluding tert-OH is 1. The van der Waals surface area contributed by atoms with Gasteiger partial charge in [0.2, 0.25) is 0 Å². The van der Waals surface area contributed by atoms with Crippen molar-refractivity contribution in [1.29, 1.82) is 0 Å². The van der Waals surface area contributed by atoms with E-state index in [9.17, 15) is 13.5 Å². The fourth-order valence-corrected chi connectivity index (χ4v) is 7.40. The number of sulfone groups is 1. The van der Waals surface area contributed by atoms with E-state index in [0.29, 0.717) is 22.1 Å². The van der Waals surface area contributed by atoms with Crippen LogP contribution in [0.2, 0.25) is 0 Å². The molecule has 2 aromatic carbocycles. The lowest BCUT2D eigenvalue weighted by Gasteiger charge is -2.51. The van der Waals surface area contributed by atoms with E-state index < -0.39 is 27.3 Å². The Bertz CT molecular complexity index is 1030. The second-order valence-corrected chi connectivity index (χ2v) is 11.0.